The van der Waals surface area contributed by atoms with E-state index in [0.717, 1.165) is 5.56 Å². The van der Waals surface area contributed by atoms with Crippen molar-refractivity contribution in [3.8, 4) is 0 Å². The van der Waals surface area contributed by atoms with Crippen molar-refractivity contribution >= 4 is 23.9 Å². The highest BCUT2D eigenvalue weighted by molar-refractivity contribution is 5.87. The molecule has 0 aliphatic rings. The molecule has 0 heterocycles. The lowest BCUT2D eigenvalue weighted by Gasteiger charge is -2.14. The molecule has 28 heavy (non-hydrogen) atoms. The third-order valence-electron chi connectivity index (χ3n) is 3.50. The minimum Gasteiger partial charge on any atom is -0.445 e. The molecule has 2 rings (SSSR count). The summed E-state index contributed by atoms with van der Waals surface area (Å²) in [6.07, 6.45) is 0.404. The largest absolute Gasteiger partial charge is 0.445 e. The number of ether oxygens (including phenoxy) is 1. The van der Waals surface area contributed by atoms with E-state index in [0.29, 0.717) is 5.56 Å². The van der Waals surface area contributed by atoms with Crippen LogP contribution < -0.4 is 10.7 Å². The Bertz CT molecular complexity index is 839. The molecular weight excluding hydrogens is 368 g/mol. The molecule has 2 aromatic rings. The highest BCUT2D eigenvalue weighted by Gasteiger charge is 2.20. The molecule has 0 fully saturated rings. The summed E-state index contributed by atoms with van der Waals surface area (Å²) < 4.78 is 4.98. The van der Waals surface area contributed by atoms with Crippen molar-refractivity contribution in [2.24, 2.45) is 5.10 Å². The lowest BCUT2D eigenvalue weighted by molar-refractivity contribution is -0.384. The summed E-state index contributed by atoms with van der Waals surface area (Å²) in [6.45, 7) is -0.635. The summed E-state index contributed by atoms with van der Waals surface area (Å²) in [4.78, 5) is 33.8. The smallest absolute Gasteiger partial charge is 0.408 e. The molecule has 1 unspecified atom stereocenters. The Balaban J connectivity index is 1.81. The molecule has 10 heteroatoms. The Kier molecular flexibility index (Phi) is 7.61. The van der Waals surface area contributed by atoms with Crippen LogP contribution in [-0.4, -0.2) is 40.9 Å². The van der Waals surface area contributed by atoms with Crippen molar-refractivity contribution in [3.05, 3.63) is 75.8 Å². The lowest BCUT2D eigenvalue weighted by atomic mass is 10.2. The summed E-state index contributed by atoms with van der Waals surface area (Å²) in [7, 11) is 0. The summed E-state index contributed by atoms with van der Waals surface area (Å²) >= 11 is 0. The predicted octanol–water partition coefficient (Wildman–Crippen LogP) is 1.33. The zero-order chi connectivity index (χ0) is 20.4. The van der Waals surface area contributed by atoms with Gasteiger partial charge in [0.2, 0.25) is 0 Å². The molecule has 10 nitrogen and oxygen atoms in total. The number of hydrogen-bond donors (Lipinski definition) is 3. The van der Waals surface area contributed by atoms with Crippen molar-refractivity contribution in [3.63, 3.8) is 0 Å². The number of benzene rings is 2. The number of hydrazone groups is 1. The molecule has 1 atom stereocenters. The molecule has 0 aliphatic heterocycles. The number of amides is 2. The van der Waals surface area contributed by atoms with Gasteiger partial charge in [-0.2, -0.15) is 5.10 Å². The summed E-state index contributed by atoms with van der Waals surface area (Å²) in [6, 6.07) is 13.2. The lowest BCUT2D eigenvalue weighted by Crippen LogP contribution is -2.47. The quantitative estimate of drug-likeness (QED) is 0.355. The van der Waals surface area contributed by atoms with Crippen LogP contribution in [-0.2, 0) is 16.1 Å². The van der Waals surface area contributed by atoms with E-state index >= 15 is 0 Å². The first-order valence-electron chi connectivity index (χ1n) is 8.15. The molecule has 2 amide bonds. The second-order valence-electron chi connectivity index (χ2n) is 5.52. The number of nitro groups is 1. The number of hydrogen-bond acceptors (Lipinski definition) is 7. The van der Waals surface area contributed by atoms with Crippen molar-refractivity contribution in [2.75, 3.05) is 6.61 Å². The third kappa shape index (κ3) is 6.50. The number of alkyl carbamates (subject to hydrolysis) is 1. The highest BCUT2D eigenvalue weighted by atomic mass is 16.6. The van der Waals surface area contributed by atoms with Gasteiger partial charge < -0.3 is 15.2 Å². The first-order valence-corrected chi connectivity index (χ1v) is 8.15. The fourth-order valence-corrected chi connectivity index (χ4v) is 2.03. The van der Waals surface area contributed by atoms with Gasteiger partial charge in [-0.1, -0.05) is 30.3 Å². The Morgan fingerprint density at radius 2 is 1.86 bits per heavy atom. The Morgan fingerprint density at radius 1 is 1.18 bits per heavy atom. The Morgan fingerprint density at radius 3 is 2.46 bits per heavy atom. The van der Waals surface area contributed by atoms with Crippen molar-refractivity contribution in [1.29, 1.82) is 0 Å². The van der Waals surface area contributed by atoms with Crippen molar-refractivity contribution in [2.45, 2.75) is 12.6 Å². The molecule has 3 N–H and O–H groups in total. The third-order valence-corrected chi connectivity index (χ3v) is 3.50. The maximum Gasteiger partial charge on any atom is 0.408 e. The van der Waals surface area contributed by atoms with Crippen LogP contribution in [0.3, 0.4) is 0 Å². The van der Waals surface area contributed by atoms with Crippen molar-refractivity contribution in [1.82, 2.24) is 10.7 Å². The van der Waals surface area contributed by atoms with Crippen LogP contribution in [0.25, 0.3) is 0 Å². The number of nitrogens with zero attached hydrogens (tertiary/aromatic N) is 2. The molecule has 0 aromatic heterocycles. The average Bonchev–Trinajstić information content (AvgIpc) is 2.71. The van der Waals surface area contributed by atoms with Crippen LogP contribution in [0.15, 0.2) is 59.7 Å². The monoisotopic (exact) mass is 386 g/mol. The van der Waals surface area contributed by atoms with Crippen LogP contribution in [0.4, 0.5) is 10.5 Å². The zero-order valence-corrected chi connectivity index (χ0v) is 14.6. The molecule has 0 spiro atoms. The second-order valence-corrected chi connectivity index (χ2v) is 5.52. The van der Waals surface area contributed by atoms with Gasteiger partial charge in [0, 0.05) is 12.1 Å². The van der Waals surface area contributed by atoms with E-state index in [2.05, 4.69) is 15.8 Å². The minimum absolute atomic E-state index is 0.0186. The maximum atomic E-state index is 12.0. The van der Waals surface area contributed by atoms with E-state index in [-0.39, 0.29) is 12.3 Å². The van der Waals surface area contributed by atoms with E-state index in [1.54, 1.807) is 24.3 Å². The first-order chi connectivity index (χ1) is 13.5. The van der Waals surface area contributed by atoms with Crippen LogP contribution in [0, 0.1) is 10.1 Å². The van der Waals surface area contributed by atoms with Gasteiger partial charge in [0.25, 0.3) is 11.6 Å². The molecular formula is C18H18N4O6. The van der Waals surface area contributed by atoms with E-state index in [4.69, 9.17) is 4.74 Å². The zero-order valence-electron chi connectivity index (χ0n) is 14.6. The van der Waals surface area contributed by atoms with Gasteiger partial charge in [0.15, 0.2) is 0 Å². The topological polar surface area (TPSA) is 143 Å². The number of rotatable bonds is 8. The normalized spacial score (nSPS) is 11.6. The Labute approximate surface area is 160 Å². The van der Waals surface area contributed by atoms with Crippen molar-refractivity contribution < 1.29 is 24.4 Å². The SMILES string of the molecule is O=C(NC(CO)C(=O)NN=Cc1ccc([N+](=O)[O-])cc1)OCc1ccccc1. The average molecular weight is 386 g/mol. The number of nitro benzene ring substituents is 1. The van der Waals surface area contributed by atoms with Gasteiger partial charge in [0.1, 0.15) is 12.6 Å². The summed E-state index contributed by atoms with van der Waals surface area (Å²) in [5.41, 5.74) is 3.38. The molecule has 0 aliphatic carbocycles. The van der Waals surface area contributed by atoms with E-state index in [1.807, 2.05) is 6.07 Å². The standard InChI is InChI=1S/C18H18N4O6/c23-11-16(20-18(25)28-12-14-4-2-1-3-5-14)17(24)21-19-10-13-6-8-15(9-7-13)22(26)27/h1-10,16,23H,11-12H2,(H,20,25)(H,21,24). The fraction of sp³-hybridized carbons (Fsp3) is 0.167. The molecule has 2 aromatic carbocycles. The minimum atomic E-state index is -1.25. The number of aliphatic hydroxyl groups excluding tert-OH is 1. The molecule has 0 radical (unpaired) electrons. The number of carbonyl (C=O) groups is 2. The fourth-order valence-electron chi connectivity index (χ4n) is 2.03. The highest BCUT2D eigenvalue weighted by Crippen LogP contribution is 2.10. The number of nitrogens with one attached hydrogen (secondary N) is 2. The molecule has 0 bridgehead atoms. The van der Waals surface area contributed by atoms with E-state index in [9.17, 15) is 24.8 Å². The second kappa shape index (κ2) is 10.4. The molecule has 0 saturated carbocycles. The van der Waals surface area contributed by atoms with E-state index < -0.39 is 29.6 Å². The van der Waals surface area contributed by atoms with Crippen LogP contribution in [0.1, 0.15) is 11.1 Å². The summed E-state index contributed by atoms with van der Waals surface area (Å²) in [5, 5.41) is 25.8. The van der Waals surface area contributed by atoms with Gasteiger partial charge in [-0.3, -0.25) is 14.9 Å². The van der Waals surface area contributed by atoms with E-state index in [1.165, 1.54) is 30.5 Å². The van der Waals surface area contributed by atoms with Gasteiger partial charge in [-0.05, 0) is 23.3 Å². The number of carbonyl (C=O) groups excluding carboxylic acids is 2. The van der Waals surface area contributed by atoms with Gasteiger partial charge in [-0.25, -0.2) is 10.2 Å². The van der Waals surface area contributed by atoms with Crippen LogP contribution >= 0.6 is 0 Å². The number of aliphatic hydroxyl groups is 1. The molecule has 0 saturated heterocycles. The first kappa shape index (κ1) is 20.5. The maximum absolute atomic E-state index is 12.0. The number of non-ortho nitro benzene ring substituents is 1. The van der Waals surface area contributed by atoms with Gasteiger partial charge >= 0.3 is 6.09 Å². The van der Waals surface area contributed by atoms with Crippen LogP contribution in [0.5, 0.6) is 0 Å². The van der Waals surface area contributed by atoms with Gasteiger partial charge in [0.05, 0.1) is 17.7 Å². The Hall–Kier alpha value is -3.79. The predicted molar refractivity (Wildman–Crippen MR) is 99.5 cm³/mol. The van der Waals surface area contributed by atoms with Crippen LogP contribution in [0.2, 0.25) is 0 Å². The molecule has 146 valence electrons. The summed E-state index contributed by atoms with van der Waals surface area (Å²) in [5.74, 6) is -0.752. The van der Waals surface area contributed by atoms with Gasteiger partial charge in [-0.15, -0.1) is 0 Å².